The van der Waals surface area contributed by atoms with E-state index >= 15 is 0 Å². The Morgan fingerprint density at radius 1 is 0.183 bits per heavy atom. The minimum atomic E-state index is 0.0553. The molecule has 0 N–H and O–H groups in total. The van der Waals surface area contributed by atoms with Crippen LogP contribution in [0.15, 0.2) is 522 Å². The maximum Gasteiger partial charge on any atom is 0.160 e. The first-order valence-corrected chi connectivity index (χ1v) is 48.1. The van der Waals surface area contributed by atoms with Crippen molar-refractivity contribution >= 4 is 45.3 Å². The lowest BCUT2D eigenvalue weighted by Crippen LogP contribution is -2.41. The van der Waals surface area contributed by atoms with Crippen molar-refractivity contribution in [3.8, 4) is 175 Å². The molecule has 142 heavy (non-hydrogen) atoms. The van der Waals surface area contributed by atoms with Crippen molar-refractivity contribution in [3.63, 3.8) is 0 Å². The van der Waals surface area contributed by atoms with Crippen molar-refractivity contribution in [1.82, 2.24) is 53.2 Å². The van der Waals surface area contributed by atoms with Crippen LogP contribution in [0.2, 0.25) is 0 Å². The molecule has 1 aliphatic carbocycles. The standard InChI is InChI=1S/C66H44N6.C64H46N6/c1-7-19-45(20-8-1)57-43-59(69-65(67-57)51-27-15-5-16-28-51)47-31-35-55(36-32-47)71-61(49-23-11-3-12-24-49)39-53-42-64-54(41-63(53)71)40-62(50-25-13-4-14-26-50)72(64)56-37-33-48(34-38-56)60-44-58(46-21-9-2-10-22-46)68-66(70-60)52-29-17-6-18-30-52;1-7-19-45(20-8-1)57-43-63(49-27-15-5-16-28-49)69(65-57)55-35-31-53(32-36-55)67-59(47-23-11-3-12-24-47)39-51-42-62-52(41-61(51)67)40-60(48-25-13-4-14-26-48)68(62)54-33-37-56(38-34-54)70-64(50-29-17-6-18-30-50)44-58(66-70)46-21-9-2-10-22-46/h1-44H;1-44,51,61H. The van der Waals surface area contributed by atoms with Crippen molar-refractivity contribution in [2.75, 3.05) is 4.90 Å². The lowest BCUT2D eigenvalue weighted by atomic mass is 9.96. The summed E-state index contributed by atoms with van der Waals surface area (Å²) in [6, 6.07) is 181. The van der Waals surface area contributed by atoms with Crippen LogP contribution >= 0.6 is 0 Å². The van der Waals surface area contributed by atoms with Crippen LogP contribution in [0, 0.1) is 5.92 Å². The molecule has 0 bridgehead atoms. The zero-order valence-corrected chi connectivity index (χ0v) is 77.3. The SMILES string of the molecule is C1=C(c2ccccc2)N(c2ccc(-n3nc(-c4ccccc4)cc3-c3ccccc3)cc2)C2C=c3cc(-c4ccccc4)n(-c4ccc(-n5nc(-c6ccccc6)cc5-c5ccccc5)cc4)c3=CC12.c1ccc(-c2cc(-c3ccc(-n4c(-c5ccccc5)cc5cc6c(cc(-c7ccccc7)n6-c6ccc(-c7cc(-c8ccccc8)nc(-c8ccccc8)n7)cc6)cc54)cc3)nc(-c3ccccc3)n2)cc1. The van der Waals surface area contributed by atoms with Gasteiger partial charge in [-0.2, -0.15) is 10.2 Å². The molecule has 2 unspecified atom stereocenters. The number of hydrogen-bond acceptors (Lipinski definition) is 7. The molecule has 1 aliphatic heterocycles. The molecule has 0 spiro atoms. The first-order chi connectivity index (χ1) is 70.4. The highest BCUT2D eigenvalue weighted by Crippen LogP contribution is 2.45. The number of anilines is 1. The molecule has 8 heterocycles. The maximum atomic E-state index is 5.19. The van der Waals surface area contributed by atoms with E-state index in [1.165, 1.54) is 21.8 Å². The van der Waals surface area contributed by atoms with Crippen LogP contribution in [0.1, 0.15) is 5.56 Å². The molecule has 670 valence electrons. The number of aromatic nitrogens is 11. The van der Waals surface area contributed by atoms with Crippen LogP contribution in [0.25, 0.3) is 215 Å². The van der Waals surface area contributed by atoms with Gasteiger partial charge in [-0.3, -0.25) is 0 Å². The molecule has 7 aromatic heterocycles. The topological polar surface area (TPSA) is 105 Å². The second-order valence-electron chi connectivity index (χ2n) is 35.8. The number of rotatable bonds is 20. The fourth-order valence-corrected chi connectivity index (χ4v) is 20.1. The van der Waals surface area contributed by atoms with Gasteiger partial charge >= 0.3 is 0 Å². The highest BCUT2D eigenvalue weighted by Gasteiger charge is 2.37. The van der Waals surface area contributed by atoms with Gasteiger partial charge in [-0.15, -0.1) is 0 Å². The zero-order valence-electron chi connectivity index (χ0n) is 77.3. The van der Waals surface area contributed by atoms with E-state index in [2.05, 4.69) is 477 Å². The van der Waals surface area contributed by atoms with E-state index in [0.29, 0.717) is 11.6 Å². The Labute approximate surface area is 822 Å². The summed E-state index contributed by atoms with van der Waals surface area (Å²) in [5, 5.41) is 15.0. The fraction of sp³-hybridized carbons (Fsp3) is 0.0154. The van der Waals surface area contributed by atoms with Gasteiger partial charge in [0.05, 0.1) is 91.1 Å². The van der Waals surface area contributed by atoms with Gasteiger partial charge in [-0.25, -0.2) is 29.3 Å². The molecule has 17 aromatic carbocycles. The molecule has 0 saturated heterocycles. The molecular weight excluding hydrogens is 1730 g/mol. The predicted octanol–water partition coefficient (Wildman–Crippen LogP) is 29.8. The van der Waals surface area contributed by atoms with Gasteiger partial charge in [0, 0.05) is 106 Å². The Morgan fingerprint density at radius 3 is 0.796 bits per heavy atom. The van der Waals surface area contributed by atoms with Gasteiger partial charge in [0.1, 0.15) is 0 Å². The van der Waals surface area contributed by atoms with Gasteiger partial charge in [0.25, 0.3) is 0 Å². The quantitative estimate of drug-likeness (QED) is 0.0748. The molecule has 0 saturated carbocycles. The van der Waals surface area contributed by atoms with Crippen molar-refractivity contribution < 1.29 is 0 Å². The number of fused-ring (bicyclic) bond motifs is 4. The van der Waals surface area contributed by atoms with Gasteiger partial charge in [0.2, 0.25) is 0 Å². The smallest absolute Gasteiger partial charge is 0.160 e. The Kier molecular flexibility index (Phi) is 22.2. The largest absolute Gasteiger partial charge is 0.333 e. The molecular formula is C130H90N12. The molecule has 12 heteroatoms. The second-order valence-corrected chi connectivity index (χ2v) is 35.8. The van der Waals surface area contributed by atoms with Gasteiger partial charge in [-0.05, 0) is 155 Å². The zero-order chi connectivity index (χ0) is 94.2. The third-order valence-electron chi connectivity index (χ3n) is 27.0. The fourth-order valence-electron chi connectivity index (χ4n) is 20.1. The Hall–Kier alpha value is -19.0. The Balaban J connectivity index is 0.000000149. The number of nitrogens with zero attached hydrogens (tertiary/aromatic N) is 12. The maximum absolute atomic E-state index is 5.19. The molecule has 2 aliphatic rings. The Bertz CT molecular complexity index is 8460. The van der Waals surface area contributed by atoms with E-state index < -0.39 is 0 Å². The van der Waals surface area contributed by atoms with E-state index in [1.54, 1.807) is 0 Å². The minimum absolute atomic E-state index is 0.0553. The normalized spacial score (nSPS) is 13.1. The van der Waals surface area contributed by atoms with Gasteiger partial charge in [-0.1, -0.05) is 406 Å². The lowest BCUT2D eigenvalue weighted by molar-refractivity contribution is 0.757. The van der Waals surface area contributed by atoms with E-state index in [4.69, 9.17) is 30.1 Å². The van der Waals surface area contributed by atoms with Crippen LogP contribution < -0.4 is 15.5 Å². The first kappa shape index (κ1) is 84.7. The van der Waals surface area contributed by atoms with Crippen molar-refractivity contribution in [2.45, 2.75) is 6.04 Å². The summed E-state index contributed by atoms with van der Waals surface area (Å²) in [5.74, 6) is 1.50. The molecule has 0 fully saturated rings. The molecule has 0 amide bonds. The third-order valence-corrected chi connectivity index (χ3v) is 27.0. The van der Waals surface area contributed by atoms with Crippen molar-refractivity contribution in [2.24, 2.45) is 5.92 Å². The van der Waals surface area contributed by atoms with Crippen LogP contribution in [0.3, 0.4) is 0 Å². The number of benzene rings is 17. The summed E-state index contributed by atoms with van der Waals surface area (Å²) in [6.45, 7) is 0. The third kappa shape index (κ3) is 16.5. The lowest BCUT2D eigenvalue weighted by Gasteiger charge is -2.31. The van der Waals surface area contributed by atoms with E-state index in [1.807, 2.05) is 84.9 Å². The van der Waals surface area contributed by atoms with Crippen molar-refractivity contribution in [3.05, 3.63) is 538 Å². The van der Waals surface area contributed by atoms with Gasteiger partial charge < -0.3 is 18.6 Å². The van der Waals surface area contributed by atoms with E-state index in [0.717, 1.165) is 191 Å². The average molecular weight is 1820 g/mol. The summed E-state index contributed by atoms with van der Waals surface area (Å²) < 4.78 is 11.4. The molecule has 26 rings (SSSR count). The number of hydrogen-bond donors (Lipinski definition) is 0. The predicted molar refractivity (Wildman–Crippen MR) is 581 cm³/mol. The van der Waals surface area contributed by atoms with Crippen LogP contribution in [0.5, 0.6) is 0 Å². The first-order valence-electron chi connectivity index (χ1n) is 48.1. The minimum Gasteiger partial charge on any atom is -0.333 e. The second kappa shape index (κ2) is 37.2. The van der Waals surface area contributed by atoms with Gasteiger partial charge in [0.15, 0.2) is 11.6 Å². The summed E-state index contributed by atoms with van der Waals surface area (Å²) in [6.07, 6.45) is 7.41. The summed E-state index contributed by atoms with van der Waals surface area (Å²) in [7, 11) is 0. The van der Waals surface area contributed by atoms with E-state index in [-0.39, 0.29) is 12.0 Å². The highest BCUT2D eigenvalue weighted by atomic mass is 15.3. The average Bonchev–Trinajstić information content (AvgIpc) is 1.62. The molecule has 0 radical (unpaired) electrons. The monoisotopic (exact) mass is 1820 g/mol. The Morgan fingerprint density at radius 2 is 0.451 bits per heavy atom. The van der Waals surface area contributed by atoms with Crippen molar-refractivity contribution in [1.29, 1.82) is 0 Å². The van der Waals surface area contributed by atoms with Crippen LogP contribution in [-0.2, 0) is 0 Å². The molecule has 12 nitrogen and oxygen atoms in total. The summed E-state index contributed by atoms with van der Waals surface area (Å²) >= 11 is 0. The molecule has 2 atom stereocenters. The summed E-state index contributed by atoms with van der Waals surface area (Å²) in [5.41, 5.74) is 35.7. The van der Waals surface area contributed by atoms with Crippen LogP contribution in [-0.4, -0.2) is 59.2 Å². The summed E-state index contributed by atoms with van der Waals surface area (Å²) in [4.78, 5) is 22.8. The van der Waals surface area contributed by atoms with Crippen LogP contribution in [0.4, 0.5) is 5.69 Å². The highest BCUT2D eigenvalue weighted by molar-refractivity contribution is 6.03. The molecule has 24 aromatic rings. The van der Waals surface area contributed by atoms with E-state index in [9.17, 15) is 0 Å².